The van der Waals surface area contributed by atoms with Crippen molar-refractivity contribution in [3.05, 3.63) is 34.5 Å². The summed E-state index contributed by atoms with van der Waals surface area (Å²) in [5, 5.41) is 6.67. The lowest BCUT2D eigenvalue weighted by Gasteiger charge is -2.07. The summed E-state index contributed by atoms with van der Waals surface area (Å²) in [4.78, 5) is 20.5. The fourth-order valence-electron chi connectivity index (χ4n) is 1.61. The highest BCUT2D eigenvalue weighted by Crippen LogP contribution is 2.20. The maximum Gasteiger partial charge on any atom is 0.278 e. The molecule has 2 rings (SSSR count). The number of anilines is 1. The van der Waals surface area contributed by atoms with Gasteiger partial charge in [-0.05, 0) is 5.92 Å². The Hall–Kier alpha value is -1.95. The Morgan fingerprint density at radius 2 is 2.00 bits per heavy atom. The molecule has 0 fully saturated rings. The molecule has 0 aliphatic carbocycles. The second-order valence-corrected chi connectivity index (χ2v) is 5.71. The van der Waals surface area contributed by atoms with E-state index in [1.807, 2.05) is 27.7 Å². The van der Waals surface area contributed by atoms with E-state index in [9.17, 15) is 4.79 Å². The topological polar surface area (TPSA) is 80.9 Å². The van der Waals surface area contributed by atoms with Crippen LogP contribution in [0.15, 0.2) is 16.8 Å². The van der Waals surface area contributed by atoms with E-state index in [1.54, 1.807) is 6.07 Å². The van der Waals surface area contributed by atoms with Crippen LogP contribution >= 0.6 is 11.6 Å². The van der Waals surface area contributed by atoms with Crippen LogP contribution in [-0.2, 0) is 0 Å². The lowest BCUT2D eigenvalue weighted by atomic mass is 10.1. The zero-order chi connectivity index (χ0) is 15.6. The van der Waals surface area contributed by atoms with Crippen molar-refractivity contribution in [2.45, 2.75) is 39.5 Å². The van der Waals surface area contributed by atoms with Crippen LogP contribution in [0.4, 0.5) is 5.88 Å². The Labute approximate surface area is 127 Å². The van der Waals surface area contributed by atoms with E-state index in [-0.39, 0.29) is 28.4 Å². The summed E-state index contributed by atoms with van der Waals surface area (Å²) in [7, 11) is 0. The molecule has 0 atom stereocenters. The Kier molecular flexibility index (Phi) is 4.57. The standard InChI is InChI=1S/C14H17ClN4O2/c1-7(2)10-5-11(21-19-10)17-14(20)12-9(15)6-16-13(18-12)8(3)4/h5-8H,1-4H3,(H,17,20). The van der Waals surface area contributed by atoms with Crippen LogP contribution in [0.25, 0.3) is 0 Å². The maximum absolute atomic E-state index is 12.2. The fourth-order valence-corrected chi connectivity index (χ4v) is 1.79. The van der Waals surface area contributed by atoms with Crippen LogP contribution in [0.1, 0.15) is 61.5 Å². The number of halogens is 1. The summed E-state index contributed by atoms with van der Waals surface area (Å²) < 4.78 is 5.07. The van der Waals surface area contributed by atoms with Gasteiger partial charge >= 0.3 is 0 Å². The molecule has 1 N–H and O–H groups in total. The van der Waals surface area contributed by atoms with Gasteiger partial charge in [0.25, 0.3) is 5.91 Å². The summed E-state index contributed by atoms with van der Waals surface area (Å²) in [6.45, 7) is 7.85. The first kappa shape index (κ1) is 15.4. The first-order valence-corrected chi connectivity index (χ1v) is 7.06. The quantitative estimate of drug-likeness (QED) is 0.933. The van der Waals surface area contributed by atoms with Crippen LogP contribution < -0.4 is 5.32 Å². The molecule has 0 bridgehead atoms. The summed E-state index contributed by atoms with van der Waals surface area (Å²) in [6, 6.07) is 1.68. The van der Waals surface area contributed by atoms with Crippen molar-refractivity contribution in [2.75, 3.05) is 5.32 Å². The predicted molar refractivity (Wildman–Crippen MR) is 79.7 cm³/mol. The monoisotopic (exact) mass is 308 g/mol. The molecule has 112 valence electrons. The second-order valence-electron chi connectivity index (χ2n) is 5.30. The molecule has 0 unspecified atom stereocenters. The highest BCUT2D eigenvalue weighted by Gasteiger charge is 2.18. The molecule has 2 aromatic rings. The molecule has 21 heavy (non-hydrogen) atoms. The minimum atomic E-state index is -0.448. The number of hydrogen-bond donors (Lipinski definition) is 1. The summed E-state index contributed by atoms with van der Waals surface area (Å²) >= 11 is 5.99. The maximum atomic E-state index is 12.2. The Bertz CT molecular complexity index is 652. The van der Waals surface area contributed by atoms with Gasteiger partial charge in [-0.3, -0.25) is 10.1 Å². The Morgan fingerprint density at radius 1 is 1.29 bits per heavy atom. The normalized spacial score (nSPS) is 11.2. The lowest BCUT2D eigenvalue weighted by molar-refractivity contribution is 0.101. The molecule has 0 spiro atoms. The highest BCUT2D eigenvalue weighted by atomic mass is 35.5. The Morgan fingerprint density at radius 3 is 2.57 bits per heavy atom. The molecular formula is C14H17ClN4O2. The van der Waals surface area contributed by atoms with Gasteiger partial charge < -0.3 is 4.52 Å². The molecule has 0 aromatic carbocycles. The summed E-state index contributed by atoms with van der Waals surface area (Å²) in [5.74, 6) is 0.700. The molecule has 0 saturated carbocycles. The highest BCUT2D eigenvalue weighted by molar-refractivity contribution is 6.33. The zero-order valence-electron chi connectivity index (χ0n) is 12.3. The molecule has 6 nitrogen and oxygen atoms in total. The number of carbonyl (C=O) groups is 1. The van der Waals surface area contributed by atoms with Crippen molar-refractivity contribution < 1.29 is 9.32 Å². The largest absolute Gasteiger partial charge is 0.338 e. The van der Waals surface area contributed by atoms with Crippen LogP contribution in [0.5, 0.6) is 0 Å². The number of rotatable bonds is 4. The smallest absolute Gasteiger partial charge is 0.278 e. The SMILES string of the molecule is CC(C)c1cc(NC(=O)c2nc(C(C)C)ncc2Cl)on1. The van der Waals surface area contributed by atoms with E-state index >= 15 is 0 Å². The van der Waals surface area contributed by atoms with Crippen molar-refractivity contribution in [1.29, 1.82) is 0 Å². The van der Waals surface area contributed by atoms with Gasteiger partial charge in [0.15, 0.2) is 5.69 Å². The number of hydrogen-bond acceptors (Lipinski definition) is 5. The third kappa shape index (κ3) is 3.58. The molecule has 2 heterocycles. The third-order valence-electron chi connectivity index (χ3n) is 2.85. The molecule has 0 aliphatic rings. The van der Waals surface area contributed by atoms with Gasteiger partial charge in [-0.1, -0.05) is 44.5 Å². The first-order valence-electron chi connectivity index (χ1n) is 6.69. The van der Waals surface area contributed by atoms with E-state index in [2.05, 4.69) is 20.4 Å². The summed E-state index contributed by atoms with van der Waals surface area (Å²) in [5.41, 5.74) is 0.889. The molecular weight excluding hydrogens is 292 g/mol. The fraction of sp³-hybridized carbons (Fsp3) is 0.429. The predicted octanol–water partition coefficient (Wildman–Crippen LogP) is 3.62. The van der Waals surface area contributed by atoms with Crippen molar-refractivity contribution in [3.63, 3.8) is 0 Å². The van der Waals surface area contributed by atoms with E-state index in [0.717, 1.165) is 5.69 Å². The van der Waals surface area contributed by atoms with Crippen molar-refractivity contribution in [3.8, 4) is 0 Å². The first-order chi connectivity index (χ1) is 9.88. The van der Waals surface area contributed by atoms with E-state index in [0.29, 0.717) is 5.82 Å². The third-order valence-corrected chi connectivity index (χ3v) is 3.13. The second kappa shape index (κ2) is 6.22. The zero-order valence-corrected chi connectivity index (χ0v) is 13.1. The Balaban J connectivity index is 2.21. The van der Waals surface area contributed by atoms with Gasteiger partial charge in [-0.2, -0.15) is 0 Å². The van der Waals surface area contributed by atoms with Crippen LogP contribution in [0.2, 0.25) is 5.02 Å². The minimum absolute atomic E-state index is 0.103. The van der Waals surface area contributed by atoms with Gasteiger partial charge in [0.1, 0.15) is 5.82 Å². The molecule has 0 radical (unpaired) electrons. The summed E-state index contributed by atoms with van der Waals surface area (Å²) in [6.07, 6.45) is 1.43. The van der Waals surface area contributed by atoms with Crippen molar-refractivity contribution in [1.82, 2.24) is 15.1 Å². The van der Waals surface area contributed by atoms with Gasteiger partial charge in [0.05, 0.1) is 16.9 Å². The van der Waals surface area contributed by atoms with Gasteiger partial charge in [0.2, 0.25) is 5.88 Å². The van der Waals surface area contributed by atoms with Gasteiger partial charge in [-0.15, -0.1) is 0 Å². The average molecular weight is 309 g/mol. The minimum Gasteiger partial charge on any atom is -0.338 e. The number of carbonyl (C=O) groups excluding carboxylic acids is 1. The van der Waals surface area contributed by atoms with E-state index in [4.69, 9.17) is 16.1 Å². The molecule has 0 aliphatic heterocycles. The number of nitrogens with zero attached hydrogens (tertiary/aromatic N) is 3. The number of amides is 1. The number of nitrogens with one attached hydrogen (secondary N) is 1. The molecule has 0 saturated heterocycles. The molecule has 2 aromatic heterocycles. The van der Waals surface area contributed by atoms with Crippen LogP contribution in [-0.4, -0.2) is 21.0 Å². The molecule has 7 heteroatoms. The van der Waals surface area contributed by atoms with Crippen molar-refractivity contribution in [2.24, 2.45) is 0 Å². The number of aromatic nitrogens is 3. The van der Waals surface area contributed by atoms with Crippen LogP contribution in [0.3, 0.4) is 0 Å². The van der Waals surface area contributed by atoms with Gasteiger partial charge in [0, 0.05) is 12.0 Å². The van der Waals surface area contributed by atoms with E-state index in [1.165, 1.54) is 6.20 Å². The average Bonchev–Trinajstić information content (AvgIpc) is 2.87. The van der Waals surface area contributed by atoms with Crippen LogP contribution in [0, 0.1) is 0 Å². The molecule has 1 amide bonds. The lowest BCUT2D eigenvalue weighted by Crippen LogP contribution is -2.16. The van der Waals surface area contributed by atoms with Crippen molar-refractivity contribution >= 4 is 23.4 Å². The van der Waals surface area contributed by atoms with E-state index < -0.39 is 5.91 Å². The van der Waals surface area contributed by atoms with Gasteiger partial charge in [-0.25, -0.2) is 9.97 Å².